The van der Waals surface area contributed by atoms with Crippen LogP contribution < -0.4 is 10.6 Å². The third kappa shape index (κ3) is 9.75. The third-order valence-electron chi connectivity index (χ3n) is 7.28. The molecule has 6 nitrogen and oxygen atoms in total. The maximum Gasteiger partial charge on any atom is 0.407 e. The number of ether oxygens (including phenoxy) is 1. The number of hydrogen-bond acceptors (Lipinski definition) is 4. The van der Waals surface area contributed by atoms with Gasteiger partial charge in [0.15, 0.2) is 0 Å². The van der Waals surface area contributed by atoms with Gasteiger partial charge in [0.05, 0.1) is 6.54 Å². The van der Waals surface area contributed by atoms with Crippen molar-refractivity contribution in [1.82, 2.24) is 15.5 Å². The average molecular weight is 586 g/mol. The van der Waals surface area contributed by atoms with E-state index in [0.29, 0.717) is 6.54 Å². The number of carbonyl (C=O) groups excluding carboxylic acids is 2. The fourth-order valence-corrected chi connectivity index (χ4v) is 5.13. The molecule has 0 heterocycles. The molecule has 0 aliphatic carbocycles. The molecule has 0 saturated heterocycles. The molecule has 42 heavy (non-hydrogen) atoms. The molecule has 0 aliphatic rings. The van der Waals surface area contributed by atoms with E-state index in [1.54, 1.807) is 0 Å². The standard InChI is InChI=1S/C35H39N3O3.ClH/c1-38(26-29-15-6-2-7-16-29)24-14-23-35(31-19-10-4-11-20-31,32-21-12-5-13-22-32)28-37-33(39)25-36-34(40)41-27-30-17-8-3-9-18-30;/h2-13,15-22H,14,23-28H2,1H3,(H,36,40)(H,37,39);1H. The second kappa shape index (κ2) is 17.0. The highest BCUT2D eigenvalue weighted by Crippen LogP contribution is 2.36. The number of rotatable bonds is 14. The number of nitrogens with one attached hydrogen (secondary N) is 2. The van der Waals surface area contributed by atoms with Crippen LogP contribution in [0.15, 0.2) is 121 Å². The van der Waals surface area contributed by atoms with Gasteiger partial charge in [-0.1, -0.05) is 121 Å². The lowest BCUT2D eigenvalue weighted by Gasteiger charge is -2.36. The Kier molecular flexibility index (Phi) is 13.1. The Labute approximate surface area is 255 Å². The van der Waals surface area contributed by atoms with Crippen LogP contribution in [-0.4, -0.2) is 43.6 Å². The molecule has 0 spiro atoms. The van der Waals surface area contributed by atoms with E-state index >= 15 is 0 Å². The summed E-state index contributed by atoms with van der Waals surface area (Å²) in [6, 6.07) is 40.6. The van der Waals surface area contributed by atoms with Crippen molar-refractivity contribution in [3.05, 3.63) is 144 Å². The van der Waals surface area contributed by atoms with Gasteiger partial charge in [-0.2, -0.15) is 0 Å². The zero-order valence-electron chi connectivity index (χ0n) is 24.1. The van der Waals surface area contributed by atoms with Gasteiger partial charge in [-0.05, 0) is 48.7 Å². The minimum absolute atomic E-state index is 0. The quantitative estimate of drug-likeness (QED) is 0.181. The van der Waals surface area contributed by atoms with E-state index in [0.717, 1.165) is 42.6 Å². The molecule has 0 unspecified atom stereocenters. The van der Waals surface area contributed by atoms with Crippen LogP contribution >= 0.6 is 12.4 Å². The molecule has 0 radical (unpaired) electrons. The zero-order chi connectivity index (χ0) is 28.8. The number of alkyl carbamates (subject to hydrolysis) is 1. The first-order valence-electron chi connectivity index (χ1n) is 14.1. The number of amides is 2. The molecule has 4 rings (SSSR count). The van der Waals surface area contributed by atoms with Gasteiger partial charge < -0.3 is 20.3 Å². The van der Waals surface area contributed by atoms with Gasteiger partial charge in [0.1, 0.15) is 6.61 Å². The van der Waals surface area contributed by atoms with E-state index in [1.165, 1.54) is 5.56 Å². The molecule has 0 fully saturated rings. The summed E-state index contributed by atoms with van der Waals surface area (Å²) in [6.45, 7) is 2.20. The Morgan fingerprint density at radius 2 is 1.21 bits per heavy atom. The van der Waals surface area contributed by atoms with Gasteiger partial charge in [0.25, 0.3) is 0 Å². The summed E-state index contributed by atoms with van der Waals surface area (Å²) >= 11 is 0. The second-order valence-corrected chi connectivity index (χ2v) is 10.3. The summed E-state index contributed by atoms with van der Waals surface area (Å²) < 4.78 is 5.25. The molecular weight excluding hydrogens is 546 g/mol. The highest BCUT2D eigenvalue weighted by Gasteiger charge is 2.34. The molecule has 0 atom stereocenters. The largest absolute Gasteiger partial charge is 0.445 e. The highest BCUT2D eigenvalue weighted by atomic mass is 35.5. The van der Waals surface area contributed by atoms with Gasteiger partial charge in [0, 0.05) is 18.5 Å². The van der Waals surface area contributed by atoms with Crippen molar-refractivity contribution in [3.63, 3.8) is 0 Å². The molecule has 2 amide bonds. The van der Waals surface area contributed by atoms with E-state index in [-0.39, 0.29) is 31.5 Å². The van der Waals surface area contributed by atoms with Crippen molar-refractivity contribution in [2.75, 3.05) is 26.7 Å². The molecule has 7 heteroatoms. The van der Waals surface area contributed by atoms with Crippen LogP contribution in [0.1, 0.15) is 35.1 Å². The Morgan fingerprint density at radius 3 is 1.76 bits per heavy atom. The Balaban J connectivity index is 0.00000484. The lowest BCUT2D eigenvalue weighted by Crippen LogP contribution is -2.45. The topological polar surface area (TPSA) is 70.7 Å². The first-order chi connectivity index (χ1) is 20.0. The highest BCUT2D eigenvalue weighted by molar-refractivity contribution is 5.85. The van der Waals surface area contributed by atoms with Crippen molar-refractivity contribution in [1.29, 1.82) is 0 Å². The van der Waals surface area contributed by atoms with Crippen LogP contribution in [0.5, 0.6) is 0 Å². The number of carbonyl (C=O) groups is 2. The van der Waals surface area contributed by atoms with Crippen LogP contribution in [-0.2, 0) is 28.1 Å². The fraction of sp³-hybridized carbons (Fsp3) is 0.257. The SMILES string of the molecule is CN(CCCC(CNC(=O)CNC(=O)OCc1ccccc1)(c1ccccc1)c1ccccc1)Cc1ccccc1.Cl. The molecule has 4 aromatic rings. The van der Waals surface area contributed by atoms with E-state index in [2.05, 4.69) is 71.1 Å². The van der Waals surface area contributed by atoms with Crippen LogP contribution in [0.25, 0.3) is 0 Å². The summed E-state index contributed by atoms with van der Waals surface area (Å²) in [6.07, 6.45) is 1.16. The lowest BCUT2D eigenvalue weighted by atomic mass is 9.71. The van der Waals surface area contributed by atoms with Crippen molar-refractivity contribution >= 4 is 24.4 Å². The maximum absolute atomic E-state index is 12.9. The molecule has 0 saturated carbocycles. The number of benzene rings is 4. The van der Waals surface area contributed by atoms with Crippen LogP contribution in [0.4, 0.5) is 4.79 Å². The van der Waals surface area contributed by atoms with Gasteiger partial charge in [-0.3, -0.25) is 4.79 Å². The van der Waals surface area contributed by atoms with E-state index in [1.807, 2.05) is 72.8 Å². The Morgan fingerprint density at radius 1 is 0.714 bits per heavy atom. The Hall–Kier alpha value is -4.13. The molecule has 0 aromatic heterocycles. The first-order valence-corrected chi connectivity index (χ1v) is 14.1. The summed E-state index contributed by atoms with van der Waals surface area (Å²) in [5, 5.41) is 5.67. The monoisotopic (exact) mass is 585 g/mol. The second-order valence-electron chi connectivity index (χ2n) is 10.3. The van der Waals surface area contributed by atoms with Gasteiger partial charge in [-0.15, -0.1) is 12.4 Å². The Bertz CT molecular complexity index is 1300. The number of hydrogen-bond donors (Lipinski definition) is 2. The summed E-state index contributed by atoms with van der Waals surface area (Å²) in [5.74, 6) is -0.265. The average Bonchev–Trinajstić information content (AvgIpc) is 3.02. The number of halogens is 1. The van der Waals surface area contributed by atoms with Crippen LogP contribution in [0.2, 0.25) is 0 Å². The molecular formula is C35H40ClN3O3. The summed E-state index contributed by atoms with van der Waals surface area (Å²) in [7, 11) is 2.14. The van der Waals surface area contributed by atoms with E-state index in [4.69, 9.17) is 4.74 Å². The van der Waals surface area contributed by atoms with Crippen molar-refractivity contribution in [2.45, 2.75) is 31.4 Å². The summed E-state index contributed by atoms with van der Waals surface area (Å²) in [4.78, 5) is 27.4. The lowest BCUT2D eigenvalue weighted by molar-refractivity contribution is -0.120. The van der Waals surface area contributed by atoms with Crippen molar-refractivity contribution in [3.8, 4) is 0 Å². The summed E-state index contributed by atoms with van der Waals surface area (Å²) in [5.41, 5.74) is 4.03. The van der Waals surface area contributed by atoms with E-state index < -0.39 is 11.5 Å². The van der Waals surface area contributed by atoms with Crippen molar-refractivity contribution < 1.29 is 14.3 Å². The molecule has 220 valence electrons. The molecule has 0 aliphatic heterocycles. The van der Waals surface area contributed by atoms with Crippen LogP contribution in [0.3, 0.4) is 0 Å². The third-order valence-corrected chi connectivity index (χ3v) is 7.28. The van der Waals surface area contributed by atoms with Crippen LogP contribution in [0, 0.1) is 0 Å². The first kappa shape index (κ1) is 32.4. The minimum atomic E-state index is -0.622. The zero-order valence-corrected chi connectivity index (χ0v) is 24.9. The maximum atomic E-state index is 12.9. The smallest absolute Gasteiger partial charge is 0.407 e. The fourth-order valence-electron chi connectivity index (χ4n) is 5.13. The van der Waals surface area contributed by atoms with Gasteiger partial charge in [-0.25, -0.2) is 4.79 Å². The molecule has 4 aromatic carbocycles. The predicted molar refractivity (Wildman–Crippen MR) is 171 cm³/mol. The normalized spacial score (nSPS) is 10.9. The van der Waals surface area contributed by atoms with Gasteiger partial charge >= 0.3 is 6.09 Å². The van der Waals surface area contributed by atoms with Gasteiger partial charge in [0.2, 0.25) is 5.91 Å². The predicted octanol–water partition coefficient (Wildman–Crippen LogP) is 6.35. The molecule has 0 bridgehead atoms. The minimum Gasteiger partial charge on any atom is -0.445 e. The van der Waals surface area contributed by atoms with Crippen molar-refractivity contribution in [2.24, 2.45) is 0 Å². The number of nitrogens with zero attached hydrogens (tertiary/aromatic N) is 1. The molecule has 2 N–H and O–H groups in total. The van der Waals surface area contributed by atoms with E-state index in [9.17, 15) is 9.59 Å².